The Balaban J connectivity index is 1.15. The number of para-hydroxylation sites is 2. The van der Waals surface area contributed by atoms with Gasteiger partial charge >= 0.3 is 0 Å². The monoisotopic (exact) mass is 905 g/mol. The first-order valence-electron chi connectivity index (χ1n) is 22.0. The van der Waals surface area contributed by atoms with E-state index >= 15 is 17.6 Å². The van der Waals surface area contributed by atoms with E-state index in [1.165, 1.54) is 12.1 Å². The molecule has 4 aromatic heterocycles. The fourth-order valence-corrected chi connectivity index (χ4v) is 9.65. The summed E-state index contributed by atoms with van der Waals surface area (Å²) >= 11 is 0. The van der Waals surface area contributed by atoms with Gasteiger partial charge in [0.15, 0.2) is 23.3 Å². The number of nitriles is 1. The average molecular weight is 906 g/mol. The summed E-state index contributed by atoms with van der Waals surface area (Å²) in [6.45, 7) is 0. The molecule has 0 N–H and O–H groups in total. The third-order valence-electron chi connectivity index (χ3n) is 12.9. The van der Waals surface area contributed by atoms with E-state index in [0.29, 0.717) is 22.1 Å². The summed E-state index contributed by atoms with van der Waals surface area (Å²) in [5.41, 5.74) is 7.81. The van der Waals surface area contributed by atoms with Gasteiger partial charge < -0.3 is 9.13 Å². The third-order valence-corrected chi connectivity index (χ3v) is 12.9. The lowest BCUT2D eigenvalue weighted by Crippen LogP contribution is -2.08. The van der Waals surface area contributed by atoms with Gasteiger partial charge in [-0.2, -0.15) is 5.26 Å². The van der Waals surface area contributed by atoms with E-state index in [2.05, 4.69) is 16.0 Å². The van der Waals surface area contributed by atoms with Crippen molar-refractivity contribution >= 4 is 43.6 Å². The lowest BCUT2D eigenvalue weighted by Gasteiger charge is -2.20. The Morgan fingerprint density at radius 3 is 1.28 bits per heavy atom. The summed E-state index contributed by atoms with van der Waals surface area (Å²) < 4.78 is 82.6. The van der Waals surface area contributed by atoms with E-state index in [0.717, 1.165) is 66.3 Å². The van der Waals surface area contributed by atoms with Gasteiger partial charge in [0.05, 0.1) is 56.0 Å². The number of nitrogens with zero attached hydrogens (tertiary/aromatic N) is 5. The highest BCUT2D eigenvalue weighted by atomic mass is 19.2. The second kappa shape index (κ2) is 16.3. The van der Waals surface area contributed by atoms with Crippen LogP contribution in [-0.4, -0.2) is 19.1 Å². The SMILES string of the molecule is N#Cc1cc(-n2c3ccccc3c3ccc(-c4ccnc(-c5ccccc5)c4)cc32)c(-c2c(F)c(F)c(F)c(F)c2F)cc1-n1c2ccccc2c2ccc(-c3ccnc(-c4ccccc4)c3)cc21. The predicted molar refractivity (Wildman–Crippen MR) is 262 cm³/mol. The number of aromatic nitrogens is 4. The highest BCUT2D eigenvalue weighted by Gasteiger charge is 2.31. The Labute approximate surface area is 390 Å². The quantitative estimate of drug-likeness (QED) is 0.0909. The Kier molecular flexibility index (Phi) is 9.74. The molecule has 0 saturated heterocycles. The van der Waals surface area contributed by atoms with Crippen molar-refractivity contribution in [1.29, 1.82) is 5.26 Å². The van der Waals surface area contributed by atoms with Crippen molar-refractivity contribution < 1.29 is 22.0 Å². The van der Waals surface area contributed by atoms with Crippen LogP contribution in [0, 0.1) is 40.4 Å². The first kappa shape index (κ1) is 41.2. The number of pyridine rings is 2. The van der Waals surface area contributed by atoms with Crippen LogP contribution >= 0.6 is 0 Å². The topological polar surface area (TPSA) is 59.4 Å². The summed E-state index contributed by atoms with van der Waals surface area (Å²) in [5, 5.41) is 14.3. The Morgan fingerprint density at radius 1 is 0.362 bits per heavy atom. The van der Waals surface area contributed by atoms with Crippen LogP contribution in [0.4, 0.5) is 22.0 Å². The largest absolute Gasteiger partial charge is 0.309 e. The molecule has 5 nitrogen and oxygen atoms in total. The molecule has 0 aliphatic carbocycles. The van der Waals surface area contributed by atoms with Crippen LogP contribution in [-0.2, 0) is 0 Å². The van der Waals surface area contributed by atoms with Gasteiger partial charge in [0.25, 0.3) is 0 Å². The second-order valence-electron chi connectivity index (χ2n) is 16.7. The van der Waals surface area contributed by atoms with Crippen molar-refractivity contribution in [2.45, 2.75) is 0 Å². The molecule has 0 fully saturated rings. The summed E-state index contributed by atoms with van der Waals surface area (Å²) in [6, 6.07) is 59.0. The maximum Gasteiger partial charge on any atom is 0.200 e. The van der Waals surface area contributed by atoms with Crippen molar-refractivity contribution in [3.05, 3.63) is 229 Å². The molecule has 12 aromatic rings. The molecular formula is C59H32F5N5. The first-order chi connectivity index (χ1) is 33.8. The van der Waals surface area contributed by atoms with E-state index in [1.54, 1.807) is 23.0 Å². The van der Waals surface area contributed by atoms with Crippen LogP contribution in [0.5, 0.6) is 0 Å². The zero-order valence-electron chi connectivity index (χ0n) is 36.1. The predicted octanol–water partition coefficient (Wildman–Crippen LogP) is 15.6. The van der Waals surface area contributed by atoms with Gasteiger partial charge in [0.2, 0.25) is 5.82 Å². The molecule has 328 valence electrons. The van der Waals surface area contributed by atoms with Crippen LogP contribution in [0.25, 0.3) is 111 Å². The standard InChI is InChI=1S/C59H32F5N5/c60-55-54(56(61)58(63)59(64)57(55)62)45-32-50(68-48-17-9-7-15-41(48)43-21-19-36(29-51(43)68)38-23-25-66-46(27-38)34-11-3-1-4-12-34)40(33-65)31-53(45)69-49-18-10-8-16-42(49)44-22-20-37(30-52(44)69)39-24-26-67-47(28-39)35-13-5-2-6-14-35/h1-32H. The van der Waals surface area contributed by atoms with Crippen molar-refractivity contribution in [3.8, 4) is 73.3 Å². The molecule has 0 atom stereocenters. The minimum Gasteiger partial charge on any atom is -0.309 e. The molecule has 0 radical (unpaired) electrons. The molecular weight excluding hydrogens is 874 g/mol. The fraction of sp³-hybridized carbons (Fsp3) is 0. The molecule has 0 spiro atoms. The van der Waals surface area contributed by atoms with E-state index in [1.807, 2.05) is 168 Å². The highest BCUT2D eigenvalue weighted by molar-refractivity contribution is 6.12. The summed E-state index contributed by atoms with van der Waals surface area (Å²) in [4.78, 5) is 9.21. The zero-order chi connectivity index (χ0) is 46.9. The van der Waals surface area contributed by atoms with Crippen LogP contribution in [0.15, 0.2) is 194 Å². The second-order valence-corrected chi connectivity index (χ2v) is 16.7. The number of rotatable bonds is 7. The molecule has 0 aliphatic rings. The van der Waals surface area contributed by atoms with Gasteiger partial charge in [0, 0.05) is 50.6 Å². The molecule has 0 bridgehead atoms. The fourth-order valence-electron chi connectivity index (χ4n) is 9.65. The van der Waals surface area contributed by atoms with E-state index < -0.39 is 34.6 Å². The summed E-state index contributed by atoms with van der Waals surface area (Å²) in [5.74, 6) is -10.5. The van der Waals surface area contributed by atoms with Crippen molar-refractivity contribution in [3.63, 3.8) is 0 Å². The number of benzene rings is 8. The van der Waals surface area contributed by atoms with Gasteiger partial charge in [0.1, 0.15) is 6.07 Å². The lowest BCUT2D eigenvalue weighted by atomic mass is 9.97. The zero-order valence-corrected chi connectivity index (χ0v) is 36.1. The van der Waals surface area contributed by atoms with Gasteiger partial charge in [-0.15, -0.1) is 0 Å². The maximum absolute atomic E-state index is 16.5. The van der Waals surface area contributed by atoms with Crippen molar-refractivity contribution in [2.24, 2.45) is 0 Å². The molecule has 0 saturated carbocycles. The molecule has 0 unspecified atom stereocenters. The minimum absolute atomic E-state index is 0.0215. The van der Waals surface area contributed by atoms with Gasteiger partial charge in [-0.3, -0.25) is 9.97 Å². The summed E-state index contributed by atoms with van der Waals surface area (Å²) in [6.07, 6.45) is 3.45. The third kappa shape index (κ3) is 6.66. The maximum atomic E-state index is 16.5. The summed E-state index contributed by atoms with van der Waals surface area (Å²) in [7, 11) is 0. The molecule has 4 heterocycles. The number of fused-ring (bicyclic) bond motifs is 6. The number of hydrogen-bond donors (Lipinski definition) is 0. The van der Waals surface area contributed by atoms with Crippen LogP contribution in [0.3, 0.4) is 0 Å². The highest BCUT2D eigenvalue weighted by Crippen LogP contribution is 2.44. The Bertz CT molecular complexity index is 4070. The van der Waals surface area contributed by atoms with Crippen LogP contribution in [0.2, 0.25) is 0 Å². The average Bonchev–Trinajstić information content (AvgIpc) is 3.92. The normalized spacial score (nSPS) is 11.5. The lowest BCUT2D eigenvalue weighted by molar-refractivity contribution is 0.381. The number of halogens is 5. The van der Waals surface area contributed by atoms with Crippen molar-refractivity contribution in [2.75, 3.05) is 0 Å². The van der Waals surface area contributed by atoms with Crippen LogP contribution < -0.4 is 0 Å². The molecule has 69 heavy (non-hydrogen) atoms. The number of hydrogen-bond acceptors (Lipinski definition) is 3. The molecule has 0 amide bonds. The molecule has 12 rings (SSSR count). The van der Waals surface area contributed by atoms with Crippen molar-refractivity contribution in [1.82, 2.24) is 19.1 Å². The molecule has 10 heteroatoms. The minimum atomic E-state index is -2.28. The molecule has 8 aromatic carbocycles. The van der Waals surface area contributed by atoms with Gasteiger partial charge in [-0.1, -0.05) is 121 Å². The molecule has 0 aliphatic heterocycles. The Morgan fingerprint density at radius 2 is 0.783 bits per heavy atom. The Hall–Kier alpha value is -9.20. The first-order valence-corrected chi connectivity index (χ1v) is 22.0. The van der Waals surface area contributed by atoms with E-state index in [4.69, 9.17) is 0 Å². The van der Waals surface area contributed by atoms with Gasteiger partial charge in [-0.25, -0.2) is 22.0 Å². The van der Waals surface area contributed by atoms with Gasteiger partial charge in [-0.05, 0) is 82.9 Å². The van der Waals surface area contributed by atoms with E-state index in [-0.39, 0.29) is 22.5 Å². The van der Waals surface area contributed by atoms with E-state index in [9.17, 15) is 9.65 Å². The van der Waals surface area contributed by atoms with Crippen LogP contribution in [0.1, 0.15) is 5.56 Å². The smallest absolute Gasteiger partial charge is 0.200 e.